The molecule has 0 aromatic heterocycles. The van der Waals surface area contributed by atoms with Gasteiger partial charge in [0, 0.05) is 23.9 Å². The lowest BCUT2D eigenvalue weighted by molar-refractivity contribution is 0.0636. The van der Waals surface area contributed by atoms with Crippen LogP contribution in [0.25, 0.3) is 0 Å². The molecular weight excluding hydrogens is 248 g/mol. The lowest BCUT2D eigenvalue weighted by Crippen LogP contribution is -2.27. The van der Waals surface area contributed by atoms with Crippen LogP contribution >= 0.6 is 0 Å². The number of hydrogen-bond acceptors (Lipinski definition) is 5. The van der Waals surface area contributed by atoms with E-state index in [1.807, 2.05) is 0 Å². The Labute approximate surface area is 112 Å². The van der Waals surface area contributed by atoms with Crippen LogP contribution in [0, 0.1) is 0 Å². The number of methoxy groups -OCH3 is 1. The number of carbonyl (C=O) groups excluding carboxylic acids is 1. The summed E-state index contributed by atoms with van der Waals surface area (Å²) in [6.07, 6.45) is -0.525. The zero-order chi connectivity index (χ0) is 14.5. The molecule has 106 valence electrons. The maximum Gasteiger partial charge on any atom is 0.412 e. The minimum Gasteiger partial charge on any atom is -0.496 e. The van der Waals surface area contributed by atoms with E-state index in [9.17, 15) is 4.79 Å². The highest BCUT2D eigenvalue weighted by molar-refractivity contribution is 5.85. The van der Waals surface area contributed by atoms with Crippen molar-refractivity contribution in [2.75, 3.05) is 12.4 Å². The molecule has 1 rings (SSSR count). The third-order valence-electron chi connectivity index (χ3n) is 2.20. The molecule has 19 heavy (non-hydrogen) atoms. The number of amides is 1. The lowest BCUT2D eigenvalue weighted by Gasteiger charge is -2.20. The molecule has 0 atom stereocenters. The second-order valence-corrected chi connectivity index (χ2v) is 4.99. The largest absolute Gasteiger partial charge is 0.496 e. The van der Waals surface area contributed by atoms with Gasteiger partial charge < -0.3 is 14.7 Å². The number of hydrogen-bond donors (Lipinski definition) is 3. The monoisotopic (exact) mass is 268 g/mol. The molecular formula is C13H20N2O4. The fraction of sp³-hybridized carbons (Fsp3) is 0.462. The van der Waals surface area contributed by atoms with Crippen LogP contribution in [0.2, 0.25) is 0 Å². The number of carbonyl (C=O) groups is 1. The SMILES string of the molecule is COc1cc(NC(=O)OC(C)(C)C)ccc1CNO. The number of anilines is 1. The van der Waals surface area contributed by atoms with Gasteiger partial charge in [0.2, 0.25) is 0 Å². The lowest BCUT2D eigenvalue weighted by atomic mass is 10.2. The highest BCUT2D eigenvalue weighted by Gasteiger charge is 2.16. The van der Waals surface area contributed by atoms with Crippen molar-refractivity contribution >= 4 is 11.8 Å². The molecule has 0 aliphatic carbocycles. The molecule has 0 unspecified atom stereocenters. The average Bonchev–Trinajstić information content (AvgIpc) is 2.28. The topological polar surface area (TPSA) is 79.8 Å². The second kappa shape index (κ2) is 6.40. The van der Waals surface area contributed by atoms with Gasteiger partial charge >= 0.3 is 6.09 Å². The summed E-state index contributed by atoms with van der Waals surface area (Å²) >= 11 is 0. The Kier molecular flexibility index (Phi) is 5.14. The molecule has 0 fully saturated rings. The van der Waals surface area contributed by atoms with Crippen LogP contribution in [0.3, 0.4) is 0 Å². The first-order valence-electron chi connectivity index (χ1n) is 5.89. The summed E-state index contributed by atoms with van der Waals surface area (Å²) in [6, 6.07) is 5.12. The zero-order valence-electron chi connectivity index (χ0n) is 11.6. The van der Waals surface area contributed by atoms with Crippen LogP contribution in [-0.2, 0) is 11.3 Å². The molecule has 1 amide bonds. The van der Waals surface area contributed by atoms with E-state index in [4.69, 9.17) is 14.7 Å². The van der Waals surface area contributed by atoms with E-state index in [0.717, 1.165) is 5.56 Å². The molecule has 0 aliphatic heterocycles. The minimum atomic E-state index is -0.547. The van der Waals surface area contributed by atoms with Gasteiger partial charge in [0.05, 0.1) is 7.11 Å². The van der Waals surface area contributed by atoms with E-state index in [-0.39, 0.29) is 6.54 Å². The molecule has 1 aromatic carbocycles. The first kappa shape index (κ1) is 15.3. The van der Waals surface area contributed by atoms with E-state index in [2.05, 4.69) is 10.8 Å². The summed E-state index contributed by atoms with van der Waals surface area (Å²) in [5, 5.41) is 11.3. The summed E-state index contributed by atoms with van der Waals surface area (Å²) in [5.41, 5.74) is 2.85. The van der Waals surface area contributed by atoms with Crippen LogP contribution in [0.1, 0.15) is 26.3 Å². The van der Waals surface area contributed by atoms with Crippen molar-refractivity contribution in [3.05, 3.63) is 23.8 Å². The molecule has 0 aliphatic rings. The summed E-state index contributed by atoms with van der Waals surface area (Å²) in [5.74, 6) is 0.565. The average molecular weight is 268 g/mol. The Morgan fingerprint density at radius 3 is 2.58 bits per heavy atom. The molecule has 0 saturated heterocycles. The summed E-state index contributed by atoms with van der Waals surface area (Å²) in [4.78, 5) is 11.6. The van der Waals surface area contributed by atoms with Gasteiger partial charge in [-0.1, -0.05) is 6.07 Å². The quantitative estimate of drug-likeness (QED) is 0.731. The van der Waals surface area contributed by atoms with Crippen molar-refractivity contribution in [1.29, 1.82) is 0 Å². The van der Waals surface area contributed by atoms with Gasteiger partial charge in [-0.3, -0.25) is 5.32 Å². The minimum absolute atomic E-state index is 0.260. The van der Waals surface area contributed by atoms with Crippen molar-refractivity contribution in [1.82, 2.24) is 5.48 Å². The Morgan fingerprint density at radius 1 is 1.37 bits per heavy atom. The van der Waals surface area contributed by atoms with Gasteiger partial charge in [-0.15, -0.1) is 0 Å². The Balaban J connectivity index is 2.77. The normalized spacial score (nSPS) is 11.0. The fourth-order valence-electron chi connectivity index (χ4n) is 1.47. The Hall–Kier alpha value is -1.79. The van der Waals surface area contributed by atoms with Gasteiger partial charge in [0.25, 0.3) is 0 Å². The molecule has 3 N–H and O–H groups in total. The zero-order valence-corrected chi connectivity index (χ0v) is 11.6. The summed E-state index contributed by atoms with van der Waals surface area (Å²) in [6.45, 7) is 5.64. The van der Waals surface area contributed by atoms with Gasteiger partial charge in [-0.05, 0) is 26.8 Å². The highest BCUT2D eigenvalue weighted by atomic mass is 16.6. The van der Waals surface area contributed by atoms with Crippen LogP contribution in [0.15, 0.2) is 18.2 Å². The number of ether oxygens (including phenoxy) is 2. The van der Waals surface area contributed by atoms with E-state index in [1.54, 1.807) is 39.0 Å². The third kappa shape index (κ3) is 5.15. The Bertz CT molecular complexity index is 441. The molecule has 0 spiro atoms. The number of hydroxylamine groups is 1. The number of benzene rings is 1. The standard InChI is InChI=1S/C13H20N2O4/c1-13(2,3)19-12(16)15-10-6-5-9(8-14-17)11(7-10)18-4/h5-7,14,17H,8H2,1-4H3,(H,15,16). The Morgan fingerprint density at radius 2 is 2.05 bits per heavy atom. The molecule has 0 heterocycles. The molecule has 0 saturated carbocycles. The van der Waals surface area contributed by atoms with Crippen LogP contribution in [0.5, 0.6) is 5.75 Å². The van der Waals surface area contributed by atoms with Crippen molar-refractivity contribution in [3.8, 4) is 5.75 Å². The van der Waals surface area contributed by atoms with E-state index < -0.39 is 11.7 Å². The van der Waals surface area contributed by atoms with Gasteiger partial charge in [0.1, 0.15) is 11.4 Å². The summed E-state index contributed by atoms with van der Waals surface area (Å²) < 4.78 is 10.3. The van der Waals surface area contributed by atoms with Gasteiger partial charge in [-0.2, -0.15) is 0 Å². The second-order valence-electron chi connectivity index (χ2n) is 4.99. The molecule has 0 bridgehead atoms. The number of rotatable bonds is 4. The molecule has 1 aromatic rings. The van der Waals surface area contributed by atoms with Crippen LogP contribution < -0.4 is 15.5 Å². The van der Waals surface area contributed by atoms with E-state index in [0.29, 0.717) is 11.4 Å². The fourth-order valence-corrected chi connectivity index (χ4v) is 1.47. The molecule has 0 radical (unpaired) electrons. The van der Waals surface area contributed by atoms with Gasteiger partial charge in [-0.25, -0.2) is 10.3 Å². The van der Waals surface area contributed by atoms with Crippen molar-refractivity contribution in [3.63, 3.8) is 0 Å². The first-order valence-corrected chi connectivity index (χ1v) is 5.89. The van der Waals surface area contributed by atoms with Crippen molar-refractivity contribution in [2.24, 2.45) is 0 Å². The third-order valence-corrected chi connectivity index (χ3v) is 2.20. The van der Waals surface area contributed by atoms with Crippen LogP contribution in [0.4, 0.5) is 10.5 Å². The van der Waals surface area contributed by atoms with Crippen LogP contribution in [-0.4, -0.2) is 24.0 Å². The van der Waals surface area contributed by atoms with E-state index in [1.165, 1.54) is 7.11 Å². The maximum absolute atomic E-state index is 11.6. The smallest absolute Gasteiger partial charge is 0.412 e. The first-order chi connectivity index (χ1) is 8.85. The predicted molar refractivity (Wildman–Crippen MR) is 71.5 cm³/mol. The van der Waals surface area contributed by atoms with Gasteiger partial charge in [0.15, 0.2) is 0 Å². The van der Waals surface area contributed by atoms with Crippen molar-refractivity contribution < 1.29 is 19.5 Å². The summed E-state index contributed by atoms with van der Waals surface area (Å²) in [7, 11) is 1.52. The maximum atomic E-state index is 11.6. The number of nitrogens with one attached hydrogen (secondary N) is 2. The van der Waals surface area contributed by atoms with Crippen molar-refractivity contribution in [2.45, 2.75) is 32.9 Å². The predicted octanol–water partition coefficient (Wildman–Crippen LogP) is 2.52. The van der Waals surface area contributed by atoms with E-state index >= 15 is 0 Å². The highest BCUT2D eigenvalue weighted by Crippen LogP contribution is 2.23. The molecule has 6 heteroatoms. The molecule has 6 nitrogen and oxygen atoms in total.